The minimum Gasteiger partial charge on any atom is -0.461 e. The Morgan fingerprint density at radius 3 is 3.00 bits per heavy atom. The Labute approximate surface area is 86.6 Å². The number of carbonyl (C=O) groups excluding carboxylic acids is 1. The van der Waals surface area contributed by atoms with Crippen molar-refractivity contribution in [3.05, 3.63) is 10.4 Å². The molecule has 14 heavy (non-hydrogen) atoms. The number of carbonyl (C=O) groups is 1. The summed E-state index contributed by atoms with van der Waals surface area (Å²) in [6.45, 7) is 1.96. The van der Waals surface area contributed by atoms with Crippen molar-refractivity contribution in [3.63, 3.8) is 0 Å². The molecule has 1 unspecified atom stereocenters. The number of hydrogen-bond acceptors (Lipinski definition) is 5. The molecule has 1 saturated heterocycles. The monoisotopic (exact) mass is 217 g/mol. The topological polar surface area (TPSA) is 84.3 Å². The minimum atomic E-state index is -0.500. The van der Waals surface area contributed by atoms with Gasteiger partial charge in [-0.25, -0.2) is 0 Å². The molecule has 6 nitrogen and oxygen atoms in total. The average molecular weight is 217 g/mol. The predicted molar refractivity (Wildman–Crippen MR) is 52.1 cm³/mol. The van der Waals surface area contributed by atoms with E-state index < -0.39 is 18.1 Å². The van der Waals surface area contributed by atoms with E-state index in [-0.39, 0.29) is 11.9 Å². The molecule has 3 atom stereocenters. The summed E-state index contributed by atoms with van der Waals surface area (Å²) >= 11 is 4.20. The van der Waals surface area contributed by atoms with Gasteiger partial charge in [0, 0.05) is 11.8 Å². The Hall–Kier alpha value is -0.910. The number of ether oxygens (including phenoxy) is 2. The highest BCUT2D eigenvalue weighted by Gasteiger charge is 2.34. The van der Waals surface area contributed by atoms with Crippen LogP contribution in [0.1, 0.15) is 6.92 Å². The standard InChI is InChI=1S/C7H11N3O3S/c1-4(11)13-7-5(9-10-8)2-12-3-6(7)14/h5-7,14H,2-3H2,1H3/t5?,6-,7-/m1/s1. The van der Waals surface area contributed by atoms with Crippen LogP contribution in [0, 0.1) is 0 Å². The van der Waals surface area contributed by atoms with Crippen molar-refractivity contribution in [2.45, 2.75) is 24.3 Å². The zero-order valence-corrected chi connectivity index (χ0v) is 8.55. The highest BCUT2D eigenvalue weighted by atomic mass is 32.1. The second kappa shape index (κ2) is 5.09. The van der Waals surface area contributed by atoms with Gasteiger partial charge in [0.05, 0.1) is 24.5 Å². The van der Waals surface area contributed by atoms with E-state index in [1.807, 2.05) is 0 Å². The summed E-state index contributed by atoms with van der Waals surface area (Å²) in [7, 11) is 0. The molecule has 1 aliphatic heterocycles. The van der Waals surface area contributed by atoms with Crippen LogP contribution in [0.3, 0.4) is 0 Å². The lowest BCUT2D eigenvalue weighted by atomic mass is 10.1. The normalized spacial score (nSPS) is 31.7. The average Bonchev–Trinajstić information content (AvgIpc) is 2.11. The lowest BCUT2D eigenvalue weighted by molar-refractivity contribution is -0.151. The van der Waals surface area contributed by atoms with Crippen LogP contribution in [0.25, 0.3) is 10.4 Å². The number of hydrogen-bond donors (Lipinski definition) is 1. The highest BCUT2D eigenvalue weighted by molar-refractivity contribution is 7.81. The van der Waals surface area contributed by atoms with E-state index in [0.717, 1.165) is 0 Å². The van der Waals surface area contributed by atoms with Gasteiger partial charge in [-0.3, -0.25) is 4.79 Å². The van der Waals surface area contributed by atoms with Crippen LogP contribution in [0.15, 0.2) is 5.11 Å². The molecule has 0 N–H and O–H groups in total. The van der Waals surface area contributed by atoms with E-state index >= 15 is 0 Å². The summed E-state index contributed by atoms with van der Waals surface area (Å²) in [5.74, 6) is -0.408. The van der Waals surface area contributed by atoms with Crippen molar-refractivity contribution in [3.8, 4) is 0 Å². The summed E-state index contributed by atoms with van der Waals surface area (Å²) in [6, 6.07) is -0.486. The fraction of sp³-hybridized carbons (Fsp3) is 0.857. The third kappa shape index (κ3) is 2.80. The lowest BCUT2D eigenvalue weighted by Gasteiger charge is -2.32. The van der Waals surface area contributed by atoms with Crippen molar-refractivity contribution in [1.82, 2.24) is 0 Å². The maximum atomic E-state index is 10.8. The van der Waals surface area contributed by atoms with Gasteiger partial charge in [-0.1, -0.05) is 5.11 Å². The van der Waals surface area contributed by atoms with E-state index in [0.29, 0.717) is 6.61 Å². The molecule has 0 aromatic heterocycles. The Kier molecular flexibility index (Phi) is 4.06. The van der Waals surface area contributed by atoms with Crippen LogP contribution in [0.4, 0.5) is 0 Å². The first-order valence-electron chi connectivity index (χ1n) is 4.12. The van der Waals surface area contributed by atoms with E-state index in [1.165, 1.54) is 6.92 Å². The molecule has 78 valence electrons. The largest absolute Gasteiger partial charge is 0.461 e. The number of thiol groups is 1. The van der Waals surface area contributed by atoms with Crippen LogP contribution in [0.5, 0.6) is 0 Å². The molecule has 0 amide bonds. The number of rotatable bonds is 2. The number of esters is 1. The quantitative estimate of drug-likeness (QED) is 0.245. The van der Waals surface area contributed by atoms with Gasteiger partial charge in [-0.05, 0) is 5.53 Å². The predicted octanol–water partition coefficient (Wildman–Crippen LogP) is 0.926. The molecule has 1 rings (SSSR count). The SMILES string of the molecule is CC(=O)O[C@@H]1C(N=[N+]=[N-])COC[C@H]1S. The van der Waals surface area contributed by atoms with Crippen molar-refractivity contribution in [2.75, 3.05) is 13.2 Å². The molecule has 7 heteroatoms. The van der Waals surface area contributed by atoms with Crippen LogP contribution in [-0.4, -0.2) is 36.6 Å². The first-order valence-corrected chi connectivity index (χ1v) is 4.64. The molecular formula is C7H11N3O3S. The summed E-state index contributed by atoms with van der Waals surface area (Å²) < 4.78 is 10.1. The molecule has 0 bridgehead atoms. The second-order valence-corrected chi connectivity index (χ2v) is 3.61. The minimum absolute atomic E-state index is 0.247. The molecule has 0 saturated carbocycles. The maximum absolute atomic E-state index is 10.8. The summed E-state index contributed by atoms with van der Waals surface area (Å²) in [4.78, 5) is 13.4. The molecular weight excluding hydrogens is 206 g/mol. The fourth-order valence-corrected chi connectivity index (χ4v) is 1.63. The van der Waals surface area contributed by atoms with Crippen LogP contribution in [0.2, 0.25) is 0 Å². The number of nitrogens with zero attached hydrogens (tertiary/aromatic N) is 3. The first kappa shape index (κ1) is 11.2. The van der Waals surface area contributed by atoms with Gasteiger partial charge in [0.1, 0.15) is 6.10 Å². The van der Waals surface area contributed by atoms with E-state index in [9.17, 15) is 4.79 Å². The molecule has 0 aliphatic carbocycles. The van der Waals surface area contributed by atoms with Gasteiger partial charge in [0.2, 0.25) is 0 Å². The molecule has 1 heterocycles. The molecule has 1 fully saturated rings. The Morgan fingerprint density at radius 1 is 1.71 bits per heavy atom. The third-order valence-corrected chi connectivity index (χ3v) is 2.28. The first-order chi connectivity index (χ1) is 6.65. The molecule has 0 aromatic rings. The fourth-order valence-electron chi connectivity index (χ4n) is 1.27. The van der Waals surface area contributed by atoms with Gasteiger partial charge >= 0.3 is 5.97 Å². The Balaban J connectivity index is 2.69. The van der Waals surface area contributed by atoms with Crippen LogP contribution < -0.4 is 0 Å². The van der Waals surface area contributed by atoms with Crippen LogP contribution >= 0.6 is 12.6 Å². The van der Waals surface area contributed by atoms with Gasteiger partial charge in [-0.2, -0.15) is 12.6 Å². The molecule has 0 aromatic carbocycles. The zero-order chi connectivity index (χ0) is 10.6. The summed E-state index contributed by atoms with van der Waals surface area (Å²) in [5, 5.41) is 3.25. The second-order valence-electron chi connectivity index (χ2n) is 2.95. The summed E-state index contributed by atoms with van der Waals surface area (Å²) in [5.41, 5.74) is 8.29. The molecule has 1 aliphatic rings. The van der Waals surface area contributed by atoms with Gasteiger partial charge in [-0.15, -0.1) is 0 Å². The zero-order valence-electron chi connectivity index (χ0n) is 7.66. The van der Waals surface area contributed by atoms with E-state index in [4.69, 9.17) is 15.0 Å². The van der Waals surface area contributed by atoms with Gasteiger partial charge < -0.3 is 9.47 Å². The van der Waals surface area contributed by atoms with Crippen LogP contribution in [-0.2, 0) is 14.3 Å². The van der Waals surface area contributed by atoms with Crippen molar-refractivity contribution in [1.29, 1.82) is 0 Å². The van der Waals surface area contributed by atoms with Crippen molar-refractivity contribution in [2.24, 2.45) is 5.11 Å². The van der Waals surface area contributed by atoms with Gasteiger partial charge in [0.25, 0.3) is 0 Å². The third-order valence-electron chi connectivity index (χ3n) is 1.84. The molecule has 0 spiro atoms. The van der Waals surface area contributed by atoms with Crippen molar-refractivity contribution >= 4 is 18.6 Å². The number of azide groups is 1. The highest BCUT2D eigenvalue weighted by Crippen LogP contribution is 2.20. The lowest BCUT2D eigenvalue weighted by Crippen LogP contribution is -2.46. The Bertz CT molecular complexity index is 267. The maximum Gasteiger partial charge on any atom is 0.302 e. The van der Waals surface area contributed by atoms with Crippen molar-refractivity contribution < 1.29 is 14.3 Å². The van der Waals surface area contributed by atoms with E-state index in [1.54, 1.807) is 0 Å². The smallest absolute Gasteiger partial charge is 0.302 e. The summed E-state index contributed by atoms with van der Waals surface area (Å²) in [6.07, 6.45) is -0.500. The van der Waals surface area contributed by atoms with E-state index in [2.05, 4.69) is 22.7 Å². The molecule has 0 radical (unpaired) electrons. The Morgan fingerprint density at radius 2 is 2.43 bits per heavy atom. The van der Waals surface area contributed by atoms with Gasteiger partial charge in [0.15, 0.2) is 0 Å².